The first-order chi connectivity index (χ1) is 6.20. The van der Waals surface area contributed by atoms with Crippen LogP contribution in [-0.4, -0.2) is 11.3 Å². The Balaban J connectivity index is 2.45. The molecule has 0 aromatic carbocycles. The smallest absolute Gasteiger partial charge is 0.125 e. The van der Waals surface area contributed by atoms with Crippen LogP contribution in [0.3, 0.4) is 0 Å². The lowest BCUT2D eigenvalue weighted by atomic mass is 10.1. The maximum atomic E-state index is 8.99. The van der Waals surface area contributed by atoms with Gasteiger partial charge in [0.15, 0.2) is 0 Å². The van der Waals surface area contributed by atoms with Crippen LogP contribution >= 0.6 is 0 Å². The molecule has 3 nitrogen and oxygen atoms in total. The number of rotatable bonds is 3. The Morgan fingerprint density at radius 2 is 2.54 bits per heavy atom. The van der Waals surface area contributed by atoms with E-state index < -0.39 is 6.23 Å². The molecule has 1 rings (SSSR count). The highest BCUT2D eigenvalue weighted by atomic mass is 16.3. The first kappa shape index (κ1) is 10.0. The van der Waals surface area contributed by atoms with Gasteiger partial charge in [0.25, 0.3) is 0 Å². The minimum Gasteiger partial charge on any atom is -0.375 e. The summed E-state index contributed by atoms with van der Waals surface area (Å²) >= 11 is 0. The predicted octanol–water partition coefficient (Wildman–Crippen LogP) is 0.991. The van der Waals surface area contributed by atoms with Gasteiger partial charge in [0, 0.05) is 11.9 Å². The molecule has 0 bridgehead atoms. The number of aliphatic hydroxyl groups excluding tert-OH is 1. The maximum absolute atomic E-state index is 8.99. The fourth-order valence-electron chi connectivity index (χ4n) is 1.01. The van der Waals surface area contributed by atoms with Crippen molar-refractivity contribution in [2.75, 3.05) is 0 Å². The summed E-state index contributed by atoms with van der Waals surface area (Å²) in [5.74, 6) is 0. The van der Waals surface area contributed by atoms with Crippen molar-refractivity contribution in [1.29, 1.82) is 0 Å². The fraction of sp³-hybridized carbons (Fsp3) is 0.400. The minimum atomic E-state index is -0.868. The molecule has 0 radical (unpaired) electrons. The van der Waals surface area contributed by atoms with Gasteiger partial charge in [-0.3, -0.25) is 0 Å². The van der Waals surface area contributed by atoms with E-state index in [2.05, 4.69) is 11.4 Å². The summed E-state index contributed by atoms with van der Waals surface area (Å²) in [6.07, 6.45) is 9.13. The lowest BCUT2D eigenvalue weighted by molar-refractivity contribution is 0.218. The fourth-order valence-corrected chi connectivity index (χ4v) is 1.01. The van der Waals surface area contributed by atoms with E-state index in [1.165, 1.54) is 0 Å². The monoisotopic (exact) mass is 180 g/mol. The van der Waals surface area contributed by atoms with Gasteiger partial charge in [-0.25, -0.2) is 0 Å². The highest BCUT2D eigenvalue weighted by molar-refractivity contribution is 5.18. The number of hydrogen-bond acceptors (Lipinski definition) is 3. The highest BCUT2D eigenvalue weighted by Gasteiger charge is 1.99. The van der Waals surface area contributed by atoms with Gasteiger partial charge in [-0.05, 0) is 31.4 Å². The van der Waals surface area contributed by atoms with Gasteiger partial charge in [-0.2, -0.15) is 0 Å². The topological polar surface area (TPSA) is 58.3 Å². The average Bonchev–Trinajstić information content (AvgIpc) is 2.15. The molecule has 0 saturated carbocycles. The molecule has 3 heteroatoms. The van der Waals surface area contributed by atoms with Crippen molar-refractivity contribution in [3.05, 3.63) is 35.7 Å². The lowest BCUT2D eigenvalue weighted by Gasteiger charge is -2.10. The highest BCUT2D eigenvalue weighted by Crippen LogP contribution is 2.08. The van der Waals surface area contributed by atoms with Crippen LogP contribution in [0, 0.1) is 0 Å². The van der Waals surface area contributed by atoms with Gasteiger partial charge in [0.2, 0.25) is 0 Å². The third-order valence-electron chi connectivity index (χ3n) is 1.97. The molecule has 4 N–H and O–H groups in total. The molecule has 0 aromatic rings. The van der Waals surface area contributed by atoms with Crippen LogP contribution < -0.4 is 11.1 Å². The second-order valence-electron chi connectivity index (χ2n) is 3.14. The Kier molecular flexibility index (Phi) is 3.73. The molecule has 0 aliphatic heterocycles. The van der Waals surface area contributed by atoms with Crippen LogP contribution in [0.2, 0.25) is 0 Å². The molecule has 72 valence electrons. The molecule has 0 aromatic heterocycles. The van der Waals surface area contributed by atoms with Crippen LogP contribution in [0.25, 0.3) is 0 Å². The maximum Gasteiger partial charge on any atom is 0.125 e. The zero-order valence-electron chi connectivity index (χ0n) is 7.83. The molecule has 1 aliphatic carbocycles. The third-order valence-corrected chi connectivity index (χ3v) is 1.97. The van der Waals surface area contributed by atoms with E-state index in [1.54, 1.807) is 13.1 Å². The van der Waals surface area contributed by atoms with Crippen LogP contribution in [-0.2, 0) is 0 Å². The number of nitrogens with two attached hydrogens (primary N) is 1. The molecule has 0 spiro atoms. The second kappa shape index (κ2) is 4.84. The van der Waals surface area contributed by atoms with Crippen molar-refractivity contribution in [3.8, 4) is 0 Å². The molecule has 0 heterocycles. The predicted molar refractivity (Wildman–Crippen MR) is 53.5 cm³/mol. The van der Waals surface area contributed by atoms with Crippen molar-refractivity contribution in [1.82, 2.24) is 5.32 Å². The van der Waals surface area contributed by atoms with E-state index in [-0.39, 0.29) is 0 Å². The van der Waals surface area contributed by atoms with Crippen molar-refractivity contribution < 1.29 is 5.11 Å². The average molecular weight is 180 g/mol. The molecular weight excluding hydrogens is 164 g/mol. The van der Waals surface area contributed by atoms with Gasteiger partial charge in [0.1, 0.15) is 6.23 Å². The van der Waals surface area contributed by atoms with E-state index in [9.17, 15) is 0 Å². The first-order valence-electron chi connectivity index (χ1n) is 4.42. The number of hydrogen-bond donors (Lipinski definition) is 3. The third kappa shape index (κ3) is 3.44. The van der Waals surface area contributed by atoms with E-state index in [0.29, 0.717) is 0 Å². The molecular formula is C10H16N2O. The van der Waals surface area contributed by atoms with Gasteiger partial charge in [-0.15, -0.1) is 0 Å². The van der Waals surface area contributed by atoms with Gasteiger partial charge >= 0.3 is 0 Å². The Bertz CT molecular complexity index is 252. The standard InChI is InChI=1S/C10H16N2O/c1-8(10(11)13)7-12-9-5-3-2-4-6-9/h2-3,5,7,10,12-13H,4,6,11H2,1H3/b8-7-/t10-/m0/s1. The zero-order chi connectivity index (χ0) is 9.68. The molecule has 1 aliphatic rings. The van der Waals surface area contributed by atoms with E-state index in [0.717, 1.165) is 24.1 Å². The van der Waals surface area contributed by atoms with Crippen LogP contribution in [0.4, 0.5) is 0 Å². The van der Waals surface area contributed by atoms with E-state index >= 15 is 0 Å². The second-order valence-corrected chi connectivity index (χ2v) is 3.14. The zero-order valence-corrected chi connectivity index (χ0v) is 7.83. The summed E-state index contributed by atoms with van der Waals surface area (Å²) in [7, 11) is 0. The Hall–Kier alpha value is -1.06. The summed E-state index contributed by atoms with van der Waals surface area (Å²) in [6.45, 7) is 1.79. The van der Waals surface area contributed by atoms with Crippen molar-refractivity contribution in [2.45, 2.75) is 26.0 Å². The quantitative estimate of drug-likeness (QED) is 0.568. The number of aliphatic hydroxyl groups is 1. The summed E-state index contributed by atoms with van der Waals surface area (Å²) in [6, 6.07) is 0. The van der Waals surface area contributed by atoms with Gasteiger partial charge < -0.3 is 16.2 Å². The number of nitrogens with one attached hydrogen (secondary N) is 1. The Labute approximate surface area is 78.6 Å². The molecule has 0 amide bonds. The molecule has 0 fully saturated rings. The van der Waals surface area contributed by atoms with E-state index in [4.69, 9.17) is 10.8 Å². The van der Waals surface area contributed by atoms with E-state index in [1.807, 2.05) is 12.2 Å². The minimum absolute atomic E-state index is 0.732. The summed E-state index contributed by atoms with van der Waals surface area (Å²) < 4.78 is 0. The van der Waals surface area contributed by atoms with Gasteiger partial charge in [0.05, 0.1) is 0 Å². The van der Waals surface area contributed by atoms with Crippen molar-refractivity contribution in [2.24, 2.45) is 5.73 Å². The summed E-state index contributed by atoms with van der Waals surface area (Å²) in [5, 5.41) is 12.1. The largest absolute Gasteiger partial charge is 0.375 e. The normalized spacial score (nSPS) is 19.6. The molecule has 1 atom stereocenters. The summed E-state index contributed by atoms with van der Waals surface area (Å²) in [4.78, 5) is 0. The molecule has 13 heavy (non-hydrogen) atoms. The lowest BCUT2D eigenvalue weighted by Crippen LogP contribution is -2.21. The van der Waals surface area contributed by atoms with Gasteiger partial charge in [-0.1, -0.05) is 12.2 Å². The van der Waals surface area contributed by atoms with Crippen molar-refractivity contribution >= 4 is 0 Å². The summed E-state index contributed by atoms with van der Waals surface area (Å²) in [5.41, 5.74) is 7.15. The molecule has 0 unspecified atom stereocenters. The van der Waals surface area contributed by atoms with Crippen LogP contribution in [0.1, 0.15) is 19.8 Å². The Morgan fingerprint density at radius 1 is 1.77 bits per heavy atom. The van der Waals surface area contributed by atoms with Crippen LogP contribution in [0.15, 0.2) is 35.7 Å². The first-order valence-corrected chi connectivity index (χ1v) is 4.42. The molecule has 0 saturated heterocycles. The van der Waals surface area contributed by atoms with Crippen molar-refractivity contribution in [3.63, 3.8) is 0 Å². The SMILES string of the molecule is C/C(=C/NC1=CC=CCC1)[C@@H](N)O. The Morgan fingerprint density at radius 3 is 3.08 bits per heavy atom. The van der Waals surface area contributed by atoms with Crippen LogP contribution in [0.5, 0.6) is 0 Å². The number of allylic oxidation sites excluding steroid dienone is 4.